The van der Waals surface area contributed by atoms with Gasteiger partial charge in [-0.1, -0.05) is 0 Å². The molecule has 0 amide bonds. The first-order valence-corrected chi connectivity index (χ1v) is 3.26. The zero-order valence-corrected chi connectivity index (χ0v) is 6.47. The Morgan fingerprint density at radius 2 is 1.69 bits per heavy atom. The lowest BCUT2D eigenvalue weighted by molar-refractivity contribution is -0.148. The van der Waals surface area contributed by atoms with Crippen LogP contribution in [0.2, 0.25) is 0 Å². The van der Waals surface area contributed by atoms with Crippen molar-refractivity contribution in [1.29, 1.82) is 10.5 Å². The maximum atomic E-state index is 10.4. The molecule has 2 N–H and O–H groups in total. The molecular weight excluding hydrogens is 176 g/mol. The van der Waals surface area contributed by atoms with E-state index in [-0.39, 0.29) is 0 Å². The molecule has 0 heterocycles. The molecule has 13 heavy (non-hydrogen) atoms. The van der Waals surface area contributed by atoms with Crippen LogP contribution in [0.5, 0.6) is 0 Å². The van der Waals surface area contributed by atoms with Gasteiger partial charge in [-0.15, -0.1) is 0 Å². The first-order chi connectivity index (χ1) is 6.02. The molecule has 0 aliphatic heterocycles. The molecule has 0 rings (SSSR count). The van der Waals surface area contributed by atoms with Crippen LogP contribution in [-0.2, 0) is 9.59 Å². The van der Waals surface area contributed by atoms with Crippen molar-refractivity contribution < 1.29 is 19.8 Å². The second-order valence-electron chi connectivity index (χ2n) is 2.28. The summed E-state index contributed by atoms with van der Waals surface area (Å²) in [6, 6.07) is 2.87. The van der Waals surface area contributed by atoms with Crippen LogP contribution < -0.4 is 0 Å². The van der Waals surface area contributed by atoms with E-state index in [1.165, 1.54) is 12.1 Å². The van der Waals surface area contributed by atoms with Crippen LogP contribution in [0.1, 0.15) is 6.42 Å². The molecule has 0 aliphatic rings. The summed E-state index contributed by atoms with van der Waals surface area (Å²) >= 11 is 0. The highest BCUT2D eigenvalue weighted by molar-refractivity contribution is 5.78. The van der Waals surface area contributed by atoms with Crippen molar-refractivity contribution in [2.45, 2.75) is 6.42 Å². The Hall–Kier alpha value is -2.08. The summed E-state index contributed by atoms with van der Waals surface area (Å²) in [5, 5.41) is 33.4. The largest absolute Gasteiger partial charge is 0.481 e. The molecule has 0 aromatic carbocycles. The van der Waals surface area contributed by atoms with E-state index in [9.17, 15) is 9.59 Å². The Kier molecular flexibility index (Phi) is 3.97. The molecule has 0 radical (unpaired) electrons. The van der Waals surface area contributed by atoms with Crippen LogP contribution in [-0.4, -0.2) is 22.2 Å². The van der Waals surface area contributed by atoms with Gasteiger partial charge >= 0.3 is 11.9 Å². The molecule has 0 aromatic rings. The molecular formula is C7H6N2O4. The lowest BCUT2D eigenvalue weighted by Crippen LogP contribution is -2.24. The fourth-order valence-electron chi connectivity index (χ4n) is 0.745. The lowest BCUT2D eigenvalue weighted by Gasteiger charge is -2.08. The van der Waals surface area contributed by atoms with Crippen LogP contribution in [0.25, 0.3) is 0 Å². The van der Waals surface area contributed by atoms with E-state index in [1.807, 2.05) is 0 Å². The van der Waals surface area contributed by atoms with Gasteiger partial charge in [-0.2, -0.15) is 10.5 Å². The Morgan fingerprint density at radius 3 is 1.92 bits per heavy atom. The quantitative estimate of drug-likeness (QED) is 0.621. The third-order valence-electron chi connectivity index (χ3n) is 1.39. The Balaban J connectivity index is 4.63. The smallest absolute Gasteiger partial charge is 0.309 e. The summed E-state index contributed by atoms with van der Waals surface area (Å²) in [4.78, 5) is 20.6. The van der Waals surface area contributed by atoms with Crippen molar-refractivity contribution in [3.63, 3.8) is 0 Å². The van der Waals surface area contributed by atoms with Crippen molar-refractivity contribution >= 4 is 11.9 Å². The molecule has 6 heteroatoms. The zero-order valence-electron chi connectivity index (χ0n) is 6.47. The van der Waals surface area contributed by atoms with Gasteiger partial charge < -0.3 is 10.2 Å². The second kappa shape index (κ2) is 4.73. The van der Waals surface area contributed by atoms with Gasteiger partial charge in [0.2, 0.25) is 0 Å². The van der Waals surface area contributed by atoms with E-state index in [4.69, 9.17) is 20.7 Å². The van der Waals surface area contributed by atoms with E-state index in [2.05, 4.69) is 0 Å². The average Bonchev–Trinajstić information content (AvgIpc) is 2.04. The van der Waals surface area contributed by atoms with Gasteiger partial charge in [-0.25, -0.2) is 0 Å². The Bertz CT molecular complexity index is 285. The van der Waals surface area contributed by atoms with Gasteiger partial charge in [0.1, 0.15) is 5.92 Å². The van der Waals surface area contributed by atoms with Crippen LogP contribution >= 0.6 is 0 Å². The fourth-order valence-corrected chi connectivity index (χ4v) is 0.745. The lowest BCUT2D eigenvalue weighted by atomic mass is 9.92. The minimum Gasteiger partial charge on any atom is -0.481 e. The molecule has 0 fully saturated rings. The molecule has 0 aromatic heterocycles. The summed E-state index contributed by atoms with van der Waals surface area (Å²) in [7, 11) is 0. The van der Waals surface area contributed by atoms with Crippen LogP contribution in [0.4, 0.5) is 0 Å². The SMILES string of the molecule is N#CC(C#N)C(CC(=O)O)C(=O)O. The van der Waals surface area contributed by atoms with Crippen molar-refractivity contribution in [2.75, 3.05) is 0 Å². The average molecular weight is 182 g/mol. The Morgan fingerprint density at radius 1 is 1.23 bits per heavy atom. The van der Waals surface area contributed by atoms with Crippen LogP contribution in [0.3, 0.4) is 0 Å². The van der Waals surface area contributed by atoms with E-state index < -0.39 is 30.2 Å². The number of carboxylic acids is 2. The highest BCUT2D eigenvalue weighted by atomic mass is 16.4. The molecule has 1 atom stereocenters. The molecule has 0 aliphatic carbocycles. The summed E-state index contributed by atoms with van der Waals surface area (Å²) in [5.41, 5.74) is 0. The van der Waals surface area contributed by atoms with Gasteiger partial charge in [0, 0.05) is 0 Å². The maximum absolute atomic E-state index is 10.4. The first-order valence-electron chi connectivity index (χ1n) is 3.26. The molecule has 0 saturated heterocycles. The second-order valence-corrected chi connectivity index (χ2v) is 2.28. The van der Waals surface area contributed by atoms with Crippen LogP contribution in [0, 0.1) is 34.5 Å². The van der Waals surface area contributed by atoms with E-state index >= 15 is 0 Å². The van der Waals surface area contributed by atoms with Crippen LogP contribution in [0.15, 0.2) is 0 Å². The summed E-state index contributed by atoms with van der Waals surface area (Å²) in [6.07, 6.45) is -0.721. The standard InChI is InChI=1S/C7H6N2O4/c8-2-4(3-9)5(7(12)13)1-6(10)11/h4-5H,1H2,(H,10,11)(H,12,13). The number of aliphatic carboxylic acids is 2. The van der Waals surface area contributed by atoms with Gasteiger partial charge in [-0.3, -0.25) is 9.59 Å². The number of rotatable bonds is 4. The van der Waals surface area contributed by atoms with E-state index in [0.717, 1.165) is 0 Å². The van der Waals surface area contributed by atoms with Crippen molar-refractivity contribution in [2.24, 2.45) is 11.8 Å². The van der Waals surface area contributed by atoms with Gasteiger partial charge in [0.05, 0.1) is 24.5 Å². The third kappa shape index (κ3) is 3.21. The fraction of sp³-hybridized carbons (Fsp3) is 0.429. The highest BCUT2D eigenvalue weighted by Gasteiger charge is 2.30. The van der Waals surface area contributed by atoms with E-state index in [1.54, 1.807) is 0 Å². The van der Waals surface area contributed by atoms with Crippen molar-refractivity contribution in [3.8, 4) is 12.1 Å². The van der Waals surface area contributed by atoms with Crippen molar-refractivity contribution in [1.82, 2.24) is 0 Å². The van der Waals surface area contributed by atoms with E-state index in [0.29, 0.717) is 0 Å². The maximum Gasteiger partial charge on any atom is 0.309 e. The number of nitriles is 2. The minimum absolute atomic E-state index is 0.721. The highest BCUT2D eigenvalue weighted by Crippen LogP contribution is 2.15. The minimum atomic E-state index is -1.47. The van der Waals surface area contributed by atoms with Gasteiger partial charge in [-0.05, 0) is 0 Å². The molecule has 68 valence electrons. The predicted octanol–water partition coefficient (Wildman–Crippen LogP) is -0.175. The van der Waals surface area contributed by atoms with Gasteiger partial charge in [0.15, 0.2) is 0 Å². The van der Waals surface area contributed by atoms with Gasteiger partial charge in [0.25, 0.3) is 0 Å². The summed E-state index contributed by atoms with van der Waals surface area (Å²) < 4.78 is 0. The summed E-state index contributed by atoms with van der Waals surface area (Å²) in [5.74, 6) is -5.68. The Labute approximate surface area is 73.6 Å². The molecule has 0 spiro atoms. The molecule has 0 bridgehead atoms. The summed E-state index contributed by atoms with van der Waals surface area (Å²) in [6.45, 7) is 0. The number of carbonyl (C=O) groups is 2. The normalized spacial score (nSPS) is 11.3. The zero-order chi connectivity index (χ0) is 10.4. The number of hydrogen-bond donors (Lipinski definition) is 2. The molecule has 1 unspecified atom stereocenters. The first kappa shape index (κ1) is 10.9. The molecule has 6 nitrogen and oxygen atoms in total. The topological polar surface area (TPSA) is 122 Å². The number of nitrogens with zero attached hydrogens (tertiary/aromatic N) is 2. The number of carboxylic acid groups (broad SMARTS) is 2. The predicted molar refractivity (Wildman–Crippen MR) is 38.1 cm³/mol. The number of hydrogen-bond acceptors (Lipinski definition) is 4. The third-order valence-corrected chi connectivity index (χ3v) is 1.39. The van der Waals surface area contributed by atoms with Crippen molar-refractivity contribution in [3.05, 3.63) is 0 Å². The monoisotopic (exact) mass is 182 g/mol. The molecule has 0 saturated carbocycles.